The molecule has 0 spiro atoms. The van der Waals surface area contributed by atoms with Gasteiger partial charge in [-0.15, -0.1) is 0 Å². The van der Waals surface area contributed by atoms with Gasteiger partial charge in [0.05, 0.1) is 13.5 Å². The number of rotatable bonds is 8. The van der Waals surface area contributed by atoms with Gasteiger partial charge in [0, 0.05) is 42.9 Å². The van der Waals surface area contributed by atoms with Gasteiger partial charge in [-0.2, -0.15) is 0 Å². The van der Waals surface area contributed by atoms with Crippen LogP contribution in [0.1, 0.15) is 59.6 Å². The van der Waals surface area contributed by atoms with Crippen molar-refractivity contribution in [3.63, 3.8) is 0 Å². The average molecular weight is 535 g/mol. The minimum atomic E-state index is -0.824. The van der Waals surface area contributed by atoms with E-state index in [1.54, 1.807) is 7.11 Å². The topological polar surface area (TPSA) is 85.0 Å². The molecule has 38 heavy (non-hydrogen) atoms. The quantitative estimate of drug-likeness (QED) is 0.289. The molecule has 1 heterocycles. The fourth-order valence-electron chi connectivity index (χ4n) is 5.41. The third-order valence-electron chi connectivity index (χ3n) is 7.41. The molecule has 0 amide bonds. The normalized spacial score (nSPS) is 16.1. The molecule has 0 saturated carbocycles. The van der Waals surface area contributed by atoms with Crippen molar-refractivity contribution in [2.75, 3.05) is 26.1 Å². The summed E-state index contributed by atoms with van der Waals surface area (Å²) in [7, 11) is 2.26. The van der Waals surface area contributed by atoms with Gasteiger partial charge in [0.2, 0.25) is 0 Å². The smallest absolute Gasteiger partial charge is 0.304 e. The van der Waals surface area contributed by atoms with Crippen molar-refractivity contribution in [1.82, 2.24) is 4.90 Å². The molecule has 3 aromatic rings. The Kier molecular flexibility index (Phi) is 8.34. The van der Waals surface area contributed by atoms with Crippen LogP contribution in [0.2, 0.25) is 0 Å². The van der Waals surface area contributed by atoms with E-state index in [1.165, 1.54) is 11.1 Å². The highest BCUT2D eigenvalue weighted by atomic mass is 31.1. The summed E-state index contributed by atoms with van der Waals surface area (Å²) in [6, 6.07) is 16.5. The summed E-state index contributed by atoms with van der Waals surface area (Å²) in [6.45, 7) is 12.7. The lowest BCUT2D eigenvalue weighted by Gasteiger charge is -2.30. The van der Waals surface area contributed by atoms with E-state index < -0.39 is 5.97 Å². The first-order chi connectivity index (χ1) is 18.0. The number of nitrogens with zero attached hydrogens (tertiary/aromatic N) is 1. The number of hydrogen-bond acceptors (Lipinski definition) is 5. The van der Waals surface area contributed by atoms with E-state index in [0.29, 0.717) is 8.58 Å². The highest BCUT2D eigenvalue weighted by molar-refractivity contribution is 7.46. The van der Waals surface area contributed by atoms with Gasteiger partial charge < -0.3 is 20.3 Å². The monoisotopic (exact) mass is 534 g/mol. The number of fused-ring (bicyclic) bond motifs is 1. The van der Waals surface area contributed by atoms with E-state index in [0.717, 1.165) is 64.4 Å². The number of methoxy groups -OCH3 is 1. The Morgan fingerprint density at radius 2 is 1.95 bits per heavy atom. The molecular weight excluding hydrogens is 495 g/mol. The zero-order valence-electron chi connectivity index (χ0n) is 23.2. The lowest BCUT2D eigenvalue weighted by molar-refractivity contribution is -0.137. The number of aliphatic carboxylic acids is 1. The SMILES string of the molecule is COc1ccc2c(c1)OC(C)(C)CN(Cc1cc(C(CC(=O)O)c3ccc(PC)c(N)c3C)ccc1C)C2. The number of nitrogens with two attached hydrogens (primary N) is 1. The molecule has 2 unspecified atom stereocenters. The van der Waals surface area contributed by atoms with Crippen LogP contribution in [-0.4, -0.2) is 41.9 Å². The number of aryl methyl sites for hydroxylation is 1. The van der Waals surface area contributed by atoms with Crippen molar-refractivity contribution in [1.29, 1.82) is 0 Å². The van der Waals surface area contributed by atoms with Crippen LogP contribution in [0.25, 0.3) is 0 Å². The molecule has 0 aliphatic carbocycles. The maximum Gasteiger partial charge on any atom is 0.304 e. The molecule has 202 valence electrons. The zero-order chi connectivity index (χ0) is 27.6. The number of benzene rings is 3. The van der Waals surface area contributed by atoms with Crippen molar-refractivity contribution < 1.29 is 19.4 Å². The number of anilines is 1. The summed E-state index contributed by atoms with van der Waals surface area (Å²) < 4.78 is 11.8. The molecule has 3 aromatic carbocycles. The van der Waals surface area contributed by atoms with Crippen molar-refractivity contribution in [2.45, 2.75) is 58.7 Å². The number of carbonyl (C=O) groups is 1. The van der Waals surface area contributed by atoms with Gasteiger partial charge in [-0.1, -0.05) is 45.0 Å². The molecule has 0 aromatic heterocycles. The van der Waals surface area contributed by atoms with Gasteiger partial charge >= 0.3 is 5.97 Å². The third kappa shape index (κ3) is 6.14. The number of carboxylic acid groups (broad SMARTS) is 1. The Bertz CT molecular complexity index is 1340. The van der Waals surface area contributed by atoms with E-state index in [-0.39, 0.29) is 17.9 Å². The molecule has 4 rings (SSSR count). The van der Waals surface area contributed by atoms with Gasteiger partial charge in [0.15, 0.2) is 0 Å². The lowest BCUT2D eigenvalue weighted by atomic mass is 9.84. The second-order valence-electron chi connectivity index (χ2n) is 10.8. The van der Waals surface area contributed by atoms with Crippen LogP contribution in [0.5, 0.6) is 11.5 Å². The minimum Gasteiger partial charge on any atom is -0.497 e. The molecule has 0 saturated heterocycles. The summed E-state index contributed by atoms with van der Waals surface area (Å²) in [5.41, 5.74) is 13.3. The predicted octanol–water partition coefficient (Wildman–Crippen LogP) is 5.61. The molecule has 0 bridgehead atoms. The Labute approximate surface area is 227 Å². The zero-order valence-corrected chi connectivity index (χ0v) is 24.2. The highest BCUT2D eigenvalue weighted by Gasteiger charge is 2.30. The summed E-state index contributed by atoms with van der Waals surface area (Å²) in [4.78, 5) is 14.4. The van der Waals surface area contributed by atoms with Crippen molar-refractivity contribution in [3.8, 4) is 11.5 Å². The van der Waals surface area contributed by atoms with Crippen molar-refractivity contribution in [3.05, 3.63) is 81.9 Å². The van der Waals surface area contributed by atoms with E-state index >= 15 is 0 Å². The highest BCUT2D eigenvalue weighted by Crippen LogP contribution is 2.36. The Hall–Kier alpha value is -3.08. The largest absolute Gasteiger partial charge is 0.497 e. The Morgan fingerprint density at radius 3 is 2.63 bits per heavy atom. The standard InChI is InChI=1S/C31H39N2O4P/c1-19-7-8-21(26(15-29(34)35)25-11-12-28(38-6)30(32)20(25)2)13-23(19)17-33-16-22-9-10-24(36-5)14-27(22)37-31(3,4)18-33/h7-14,26,38H,15-18,32H2,1-6H3,(H,34,35). The lowest BCUT2D eigenvalue weighted by Crippen LogP contribution is -2.40. The fourth-order valence-corrected chi connectivity index (χ4v) is 6.11. The van der Waals surface area contributed by atoms with Gasteiger partial charge in [0.1, 0.15) is 17.1 Å². The van der Waals surface area contributed by atoms with Crippen LogP contribution in [0.4, 0.5) is 5.69 Å². The van der Waals surface area contributed by atoms with Crippen molar-refractivity contribution in [2.24, 2.45) is 0 Å². The van der Waals surface area contributed by atoms with Gasteiger partial charge in [-0.3, -0.25) is 9.69 Å². The number of hydrogen-bond donors (Lipinski definition) is 2. The molecule has 7 heteroatoms. The summed E-state index contributed by atoms with van der Waals surface area (Å²) in [6.07, 6.45) is 0.0102. The minimum absolute atomic E-state index is 0.0102. The second-order valence-corrected chi connectivity index (χ2v) is 11.8. The number of nitrogen functional groups attached to an aromatic ring is 1. The van der Waals surface area contributed by atoms with Crippen LogP contribution in [-0.2, 0) is 17.9 Å². The van der Waals surface area contributed by atoms with Crippen LogP contribution in [0.3, 0.4) is 0 Å². The average Bonchev–Trinajstić information content (AvgIpc) is 2.99. The number of ether oxygens (including phenoxy) is 2. The molecule has 1 aliphatic heterocycles. The summed E-state index contributed by atoms with van der Waals surface area (Å²) in [5, 5.41) is 10.9. The van der Waals surface area contributed by atoms with Crippen LogP contribution in [0, 0.1) is 13.8 Å². The third-order valence-corrected chi connectivity index (χ3v) is 8.38. The van der Waals surface area contributed by atoms with Crippen molar-refractivity contribution >= 4 is 25.5 Å². The maximum absolute atomic E-state index is 12.0. The second kappa shape index (κ2) is 11.3. The van der Waals surface area contributed by atoms with E-state index in [2.05, 4.69) is 62.7 Å². The first kappa shape index (κ1) is 27.9. The fraction of sp³-hybridized carbons (Fsp3) is 0.387. The van der Waals surface area contributed by atoms with Gasteiger partial charge in [-0.25, -0.2) is 0 Å². The molecule has 1 aliphatic rings. The summed E-state index contributed by atoms with van der Waals surface area (Å²) in [5.74, 6) is 0.535. The van der Waals surface area contributed by atoms with E-state index in [4.69, 9.17) is 15.2 Å². The first-order valence-electron chi connectivity index (χ1n) is 13.0. The maximum atomic E-state index is 12.0. The molecule has 3 N–H and O–H groups in total. The van der Waals surface area contributed by atoms with Crippen LogP contribution in [0.15, 0.2) is 48.5 Å². The Morgan fingerprint density at radius 1 is 1.18 bits per heavy atom. The molecule has 0 fully saturated rings. The number of carboxylic acids is 1. The molecule has 2 atom stereocenters. The molecular formula is C31H39N2O4P. The molecule has 0 radical (unpaired) electrons. The predicted molar refractivity (Wildman–Crippen MR) is 157 cm³/mol. The van der Waals surface area contributed by atoms with Crippen LogP contribution < -0.4 is 20.5 Å². The van der Waals surface area contributed by atoms with Crippen LogP contribution >= 0.6 is 8.58 Å². The first-order valence-corrected chi connectivity index (χ1v) is 14.5. The molecule has 6 nitrogen and oxygen atoms in total. The van der Waals surface area contributed by atoms with E-state index in [1.807, 2.05) is 25.1 Å². The summed E-state index contributed by atoms with van der Waals surface area (Å²) >= 11 is 0. The van der Waals surface area contributed by atoms with Gasteiger partial charge in [-0.05, 0) is 73.5 Å². The van der Waals surface area contributed by atoms with E-state index in [9.17, 15) is 9.90 Å². The Balaban J connectivity index is 1.69. The van der Waals surface area contributed by atoms with Gasteiger partial charge in [0.25, 0.3) is 0 Å².